The van der Waals surface area contributed by atoms with Crippen LogP contribution >= 0.6 is 11.3 Å². The van der Waals surface area contributed by atoms with Gasteiger partial charge in [-0.25, -0.2) is 4.98 Å². The number of benzene rings is 1. The van der Waals surface area contributed by atoms with E-state index in [4.69, 9.17) is 14.7 Å². The normalized spacial score (nSPS) is 10.6. The molecule has 2 aromatic heterocycles. The third-order valence-corrected chi connectivity index (χ3v) is 4.24. The summed E-state index contributed by atoms with van der Waals surface area (Å²) in [6, 6.07) is 7.91. The molecule has 2 heterocycles. The van der Waals surface area contributed by atoms with Crippen molar-refractivity contribution in [1.82, 2.24) is 14.6 Å². The smallest absolute Gasteiger partial charge is 0.213 e. The molecule has 0 unspecified atom stereocenters. The molecule has 0 bridgehead atoms. The number of aromatic nitrogens is 3. The van der Waals surface area contributed by atoms with Crippen LogP contribution in [0.2, 0.25) is 0 Å². The van der Waals surface area contributed by atoms with Crippen LogP contribution in [0.4, 0.5) is 0 Å². The molecule has 6 nitrogen and oxygen atoms in total. The van der Waals surface area contributed by atoms with Crippen LogP contribution in [-0.2, 0) is 6.42 Å². The predicted molar refractivity (Wildman–Crippen MR) is 82.7 cm³/mol. The SMILES string of the molecule is COc1ccc(Cc2nn3c(C#N)c(C)nc3s2)cc1OC. The van der Waals surface area contributed by atoms with Gasteiger partial charge in [-0.05, 0) is 24.6 Å². The molecule has 0 aliphatic carbocycles. The Morgan fingerprint density at radius 2 is 2.05 bits per heavy atom. The second kappa shape index (κ2) is 5.66. The summed E-state index contributed by atoms with van der Waals surface area (Å²) < 4.78 is 12.1. The first-order valence-electron chi connectivity index (χ1n) is 6.62. The minimum Gasteiger partial charge on any atom is -0.493 e. The number of aryl methyl sites for hydroxylation is 1. The fourth-order valence-electron chi connectivity index (χ4n) is 2.25. The van der Waals surface area contributed by atoms with Gasteiger partial charge in [0.1, 0.15) is 11.1 Å². The molecule has 0 aliphatic rings. The second-order valence-corrected chi connectivity index (χ2v) is 5.75. The van der Waals surface area contributed by atoms with Crippen molar-refractivity contribution in [1.29, 1.82) is 5.26 Å². The van der Waals surface area contributed by atoms with Gasteiger partial charge in [0, 0.05) is 6.42 Å². The van der Waals surface area contributed by atoms with Crippen molar-refractivity contribution < 1.29 is 9.47 Å². The lowest BCUT2D eigenvalue weighted by Gasteiger charge is -2.08. The standard InChI is InChI=1S/C15H14N4O2S/c1-9-11(8-16)19-15(17-9)22-14(18-19)7-10-4-5-12(20-2)13(6-10)21-3/h4-6H,7H2,1-3H3. The number of imidazole rings is 1. The van der Waals surface area contributed by atoms with Crippen LogP contribution in [0.3, 0.4) is 0 Å². The highest BCUT2D eigenvalue weighted by Crippen LogP contribution is 2.29. The quantitative estimate of drug-likeness (QED) is 0.740. The van der Waals surface area contributed by atoms with Crippen molar-refractivity contribution in [3.8, 4) is 17.6 Å². The van der Waals surface area contributed by atoms with Gasteiger partial charge in [0.2, 0.25) is 4.96 Å². The lowest BCUT2D eigenvalue weighted by atomic mass is 10.1. The van der Waals surface area contributed by atoms with Crippen LogP contribution in [0, 0.1) is 18.3 Å². The summed E-state index contributed by atoms with van der Waals surface area (Å²) in [6.45, 7) is 1.81. The van der Waals surface area contributed by atoms with Gasteiger partial charge in [0.25, 0.3) is 0 Å². The van der Waals surface area contributed by atoms with Crippen molar-refractivity contribution in [2.24, 2.45) is 0 Å². The summed E-state index contributed by atoms with van der Waals surface area (Å²) in [5.41, 5.74) is 2.26. The van der Waals surface area contributed by atoms with Gasteiger partial charge in [-0.2, -0.15) is 14.9 Å². The van der Waals surface area contributed by atoms with Gasteiger partial charge in [-0.15, -0.1) is 0 Å². The summed E-state index contributed by atoms with van der Waals surface area (Å²) in [5.74, 6) is 1.39. The maximum Gasteiger partial charge on any atom is 0.213 e. The predicted octanol–water partition coefficient (Wildman–Crippen LogP) is 2.58. The van der Waals surface area contributed by atoms with Gasteiger partial charge in [-0.3, -0.25) is 0 Å². The molecule has 1 aromatic carbocycles. The first-order valence-corrected chi connectivity index (χ1v) is 7.44. The highest BCUT2D eigenvalue weighted by molar-refractivity contribution is 7.16. The maximum absolute atomic E-state index is 9.15. The molecule has 0 atom stereocenters. The second-order valence-electron chi connectivity index (χ2n) is 4.71. The summed E-state index contributed by atoms with van der Waals surface area (Å²) >= 11 is 1.48. The number of nitrogens with zero attached hydrogens (tertiary/aromatic N) is 4. The zero-order valence-corrected chi connectivity index (χ0v) is 13.3. The highest BCUT2D eigenvalue weighted by Gasteiger charge is 2.14. The highest BCUT2D eigenvalue weighted by atomic mass is 32.1. The van der Waals surface area contributed by atoms with E-state index in [1.807, 2.05) is 25.1 Å². The Morgan fingerprint density at radius 1 is 1.27 bits per heavy atom. The molecule has 0 saturated heterocycles. The van der Waals surface area contributed by atoms with E-state index in [2.05, 4.69) is 16.2 Å². The number of hydrogen-bond donors (Lipinski definition) is 0. The van der Waals surface area contributed by atoms with Crippen LogP contribution in [0.1, 0.15) is 22.0 Å². The average Bonchev–Trinajstić information content (AvgIpc) is 3.02. The van der Waals surface area contributed by atoms with E-state index in [9.17, 15) is 0 Å². The Bertz CT molecular complexity index is 876. The van der Waals surface area contributed by atoms with Gasteiger partial charge < -0.3 is 9.47 Å². The van der Waals surface area contributed by atoms with Gasteiger partial charge >= 0.3 is 0 Å². The van der Waals surface area contributed by atoms with Crippen LogP contribution in [0.25, 0.3) is 4.96 Å². The zero-order chi connectivity index (χ0) is 15.7. The minimum atomic E-state index is 0.491. The van der Waals surface area contributed by atoms with Crippen molar-refractivity contribution >= 4 is 16.3 Å². The number of hydrogen-bond acceptors (Lipinski definition) is 6. The van der Waals surface area contributed by atoms with E-state index in [0.29, 0.717) is 29.3 Å². The van der Waals surface area contributed by atoms with Gasteiger partial charge in [0.05, 0.1) is 19.9 Å². The van der Waals surface area contributed by atoms with E-state index < -0.39 is 0 Å². The molecular weight excluding hydrogens is 300 g/mol. The molecule has 3 aromatic rings. The lowest BCUT2D eigenvalue weighted by Crippen LogP contribution is -1.95. The van der Waals surface area contributed by atoms with Crippen LogP contribution in [-0.4, -0.2) is 28.8 Å². The number of nitriles is 1. The third-order valence-electron chi connectivity index (χ3n) is 3.33. The maximum atomic E-state index is 9.15. The molecule has 112 valence electrons. The molecule has 0 radical (unpaired) electrons. The van der Waals surface area contributed by atoms with Crippen molar-refractivity contribution in [3.63, 3.8) is 0 Å². The molecule has 0 aliphatic heterocycles. The van der Waals surface area contributed by atoms with Crippen LogP contribution < -0.4 is 9.47 Å². The number of ether oxygens (including phenoxy) is 2. The Kier molecular flexibility index (Phi) is 3.69. The molecule has 0 N–H and O–H groups in total. The minimum absolute atomic E-state index is 0.491. The average molecular weight is 314 g/mol. The van der Waals surface area contributed by atoms with Gasteiger partial charge in [-0.1, -0.05) is 17.4 Å². The molecule has 0 amide bonds. The molecular formula is C15H14N4O2S. The van der Waals surface area contributed by atoms with E-state index >= 15 is 0 Å². The van der Waals surface area contributed by atoms with E-state index in [0.717, 1.165) is 15.5 Å². The number of methoxy groups -OCH3 is 2. The molecule has 0 spiro atoms. The molecule has 0 saturated carbocycles. The van der Waals surface area contributed by atoms with Crippen molar-refractivity contribution in [3.05, 3.63) is 40.2 Å². The lowest BCUT2D eigenvalue weighted by molar-refractivity contribution is 0.354. The Labute approximate surface area is 131 Å². The Morgan fingerprint density at radius 3 is 2.73 bits per heavy atom. The van der Waals surface area contributed by atoms with Crippen molar-refractivity contribution in [2.75, 3.05) is 14.2 Å². The Balaban J connectivity index is 1.93. The Hall–Kier alpha value is -2.59. The fourth-order valence-corrected chi connectivity index (χ4v) is 3.23. The molecule has 7 heteroatoms. The summed E-state index contributed by atoms with van der Waals surface area (Å²) in [6.07, 6.45) is 0.651. The fraction of sp³-hybridized carbons (Fsp3) is 0.267. The third kappa shape index (κ3) is 2.38. The topological polar surface area (TPSA) is 72.4 Å². The first kappa shape index (κ1) is 14.4. The molecule has 0 fully saturated rings. The van der Waals surface area contributed by atoms with Crippen LogP contribution in [0.15, 0.2) is 18.2 Å². The number of rotatable bonds is 4. The largest absolute Gasteiger partial charge is 0.493 e. The van der Waals surface area contributed by atoms with Crippen molar-refractivity contribution in [2.45, 2.75) is 13.3 Å². The first-order chi connectivity index (χ1) is 10.7. The molecule has 3 rings (SSSR count). The van der Waals surface area contributed by atoms with E-state index in [1.165, 1.54) is 11.3 Å². The monoisotopic (exact) mass is 314 g/mol. The summed E-state index contributed by atoms with van der Waals surface area (Å²) in [7, 11) is 3.22. The van der Waals surface area contributed by atoms with Crippen LogP contribution in [0.5, 0.6) is 11.5 Å². The summed E-state index contributed by atoms with van der Waals surface area (Å²) in [4.78, 5) is 5.10. The van der Waals surface area contributed by atoms with E-state index in [-0.39, 0.29) is 0 Å². The van der Waals surface area contributed by atoms with E-state index in [1.54, 1.807) is 18.7 Å². The molecule has 22 heavy (non-hydrogen) atoms. The number of fused-ring (bicyclic) bond motifs is 1. The zero-order valence-electron chi connectivity index (χ0n) is 12.5. The summed E-state index contributed by atoms with van der Waals surface area (Å²) in [5, 5.41) is 14.5. The van der Waals surface area contributed by atoms with Gasteiger partial charge in [0.15, 0.2) is 17.2 Å².